The maximum absolute atomic E-state index is 7.17. The molecule has 2 aliphatic heterocycles. The van der Waals surface area contributed by atoms with Crippen molar-refractivity contribution in [3.05, 3.63) is 180 Å². The monoisotopic (exact) mass is 906 g/mol. The van der Waals surface area contributed by atoms with Crippen LogP contribution in [0.25, 0.3) is 111 Å². The average molecular weight is 907 g/mol. The first-order chi connectivity index (χ1) is 32.8. The van der Waals surface area contributed by atoms with Gasteiger partial charge in [-0.1, -0.05) is 187 Å². The number of furan rings is 2. The first kappa shape index (κ1) is 39.1. The van der Waals surface area contributed by atoms with Crippen LogP contribution in [-0.4, -0.2) is 16.1 Å². The van der Waals surface area contributed by atoms with Crippen molar-refractivity contribution in [1.82, 2.24) is 0 Å². The maximum atomic E-state index is 7.17. The van der Waals surface area contributed by atoms with E-state index in [0.29, 0.717) is 0 Å². The fraction of sp³-hybridized carbons (Fsp3) is 0.156. The molecular weight excluding hydrogens is 857 g/mol. The third kappa shape index (κ3) is 4.59. The average Bonchev–Trinajstić information content (AvgIpc) is 4.13. The van der Waals surface area contributed by atoms with Crippen molar-refractivity contribution in [3.63, 3.8) is 0 Å². The lowest BCUT2D eigenvalue weighted by Crippen LogP contribution is -2.63. The molecule has 0 atom stereocenters. The van der Waals surface area contributed by atoms with Gasteiger partial charge in [0, 0.05) is 43.5 Å². The molecule has 15 rings (SSSR count). The predicted octanol–water partition coefficient (Wildman–Crippen LogP) is 15.0. The zero-order valence-corrected chi connectivity index (χ0v) is 41.8. The normalized spacial score (nSPS) is 16.7. The third-order valence-corrected chi connectivity index (χ3v) is 24.7. The Kier molecular flexibility index (Phi) is 7.21. The summed E-state index contributed by atoms with van der Waals surface area (Å²) in [6, 6.07) is 59.9. The Labute approximate surface area is 398 Å². The molecule has 0 saturated heterocycles. The van der Waals surface area contributed by atoms with Crippen LogP contribution in [0.2, 0.25) is 26.2 Å². The van der Waals surface area contributed by atoms with Crippen LogP contribution in [0.15, 0.2) is 167 Å². The fourth-order valence-corrected chi connectivity index (χ4v) is 22.6. The molecule has 0 N–H and O–H groups in total. The molecule has 4 heteroatoms. The van der Waals surface area contributed by atoms with Gasteiger partial charge in [-0.2, -0.15) is 0 Å². The minimum absolute atomic E-state index is 0.0964. The van der Waals surface area contributed by atoms with E-state index in [1.807, 2.05) is 0 Å². The van der Waals surface area contributed by atoms with Crippen LogP contribution >= 0.6 is 0 Å². The summed E-state index contributed by atoms with van der Waals surface area (Å²) in [4.78, 5) is 0. The van der Waals surface area contributed by atoms with E-state index in [2.05, 4.69) is 212 Å². The third-order valence-electron chi connectivity index (χ3n) is 17.4. The van der Waals surface area contributed by atoms with E-state index >= 15 is 0 Å². The SMILES string of the molecule is CC1(C)c2ccccc2-c2ccc(-c3cc4c(c5c3oc3ccccc35)-c3ccc5c(c3[Si]4(C)C)[Si](C)(C)c3cc(-c4ccc6c(c4)C(C)(C)c4ccccc4-6)c4c(oc6ccccc64)c3-5)cc21. The number of benzene rings is 9. The standard InChI is InChI=1S/C64H50O2Si2/c1-63(2)47-21-13-9-17-37(47)39-27-25-35(31-49(39)63)45-33-54-57(60-55(45)41-19-11-15-23-51(41)66-60)44-30-29-43-56-53(67(5,6)61(43)62(44)68(54,7)8)34-46(59-58(56)42-20-12-16-24-52(42)65-59)36-26-28-40-38-18-10-14-22-48(38)64(3,4)50(40)32-36/h9-34H,1-8H3. The fourth-order valence-electron chi connectivity index (χ4n) is 14.1. The number of rotatable bonds is 2. The van der Waals surface area contributed by atoms with Gasteiger partial charge in [0.2, 0.25) is 0 Å². The Morgan fingerprint density at radius 3 is 1.37 bits per heavy atom. The quantitative estimate of drug-likeness (QED) is 0.162. The number of hydrogen-bond acceptors (Lipinski definition) is 2. The van der Waals surface area contributed by atoms with Crippen molar-refractivity contribution >= 4 is 80.8 Å². The van der Waals surface area contributed by atoms with Gasteiger partial charge in [-0.25, -0.2) is 0 Å². The highest BCUT2D eigenvalue weighted by molar-refractivity contribution is 7.13. The van der Waals surface area contributed by atoms with Crippen LogP contribution < -0.4 is 20.7 Å². The lowest BCUT2D eigenvalue weighted by Gasteiger charge is -2.28. The molecule has 0 amide bonds. The summed E-state index contributed by atoms with van der Waals surface area (Å²) in [5, 5.41) is 11.1. The minimum Gasteiger partial charge on any atom is -0.455 e. The lowest BCUT2D eigenvalue weighted by atomic mass is 9.81. The topological polar surface area (TPSA) is 26.3 Å². The second-order valence-electron chi connectivity index (χ2n) is 22.3. The summed E-state index contributed by atoms with van der Waals surface area (Å²) in [5.41, 5.74) is 25.1. The molecule has 11 aromatic rings. The Hall–Kier alpha value is -6.99. The van der Waals surface area contributed by atoms with Gasteiger partial charge in [0.1, 0.15) is 38.5 Å². The Bertz CT molecular complexity index is 4150. The highest BCUT2D eigenvalue weighted by Crippen LogP contribution is 2.54. The first-order valence-corrected chi connectivity index (χ1v) is 30.4. The summed E-state index contributed by atoms with van der Waals surface area (Å²) < 4.78 is 14.2. The van der Waals surface area contributed by atoms with Crippen LogP contribution in [0.1, 0.15) is 49.9 Å². The molecule has 2 aliphatic carbocycles. The van der Waals surface area contributed by atoms with Gasteiger partial charge >= 0.3 is 0 Å². The molecule has 0 saturated carbocycles. The van der Waals surface area contributed by atoms with E-state index in [-0.39, 0.29) is 10.8 Å². The first-order valence-electron chi connectivity index (χ1n) is 24.4. The van der Waals surface area contributed by atoms with E-state index in [1.54, 1.807) is 10.4 Å². The van der Waals surface area contributed by atoms with E-state index in [9.17, 15) is 0 Å². The second kappa shape index (κ2) is 12.6. The molecular formula is C64H50O2Si2. The summed E-state index contributed by atoms with van der Waals surface area (Å²) >= 11 is 0. The van der Waals surface area contributed by atoms with Crippen LogP contribution in [0.5, 0.6) is 0 Å². The van der Waals surface area contributed by atoms with Gasteiger partial charge in [0.05, 0.1) is 0 Å². The molecule has 0 unspecified atom stereocenters. The van der Waals surface area contributed by atoms with Crippen LogP contribution in [0.4, 0.5) is 0 Å². The predicted molar refractivity (Wildman–Crippen MR) is 291 cm³/mol. The number of fused-ring (bicyclic) bond motifs is 21. The van der Waals surface area contributed by atoms with E-state index in [0.717, 1.165) is 22.3 Å². The van der Waals surface area contributed by atoms with Crippen LogP contribution in [0, 0.1) is 0 Å². The Morgan fingerprint density at radius 2 is 0.779 bits per heavy atom. The lowest BCUT2D eigenvalue weighted by molar-refractivity contribution is 0.660. The molecule has 68 heavy (non-hydrogen) atoms. The van der Waals surface area contributed by atoms with Crippen molar-refractivity contribution in [3.8, 4) is 66.8 Å². The van der Waals surface area contributed by atoms with Gasteiger partial charge in [-0.15, -0.1) is 0 Å². The van der Waals surface area contributed by atoms with E-state index in [4.69, 9.17) is 8.83 Å². The highest BCUT2D eigenvalue weighted by Gasteiger charge is 2.50. The largest absolute Gasteiger partial charge is 0.455 e. The van der Waals surface area contributed by atoms with E-state index < -0.39 is 16.1 Å². The zero-order chi connectivity index (χ0) is 46.0. The molecule has 2 nitrogen and oxygen atoms in total. The van der Waals surface area contributed by atoms with Crippen molar-refractivity contribution in [2.24, 2.45) is 0 Å². The Balaban J connectivity index is 0.968. The number of hydrogen-bond donors (Lipinski definition) is 0. The molecule has 0 bridgehead atoms. The Morgan fingerprint density at radius 1 is 0.353 bits per heavy atom. The maximum Gasteiger partial charge on any atom is 0.143 e. The molecule has 0 fully saturated rings. The van der Waals surface area contributed by atoms with Crippen molar-refractivity contribution in [2.45, 2.75) is 64.7 Å². The molecule has 0 spiro atoms. The molecule has 326 valence electrons. The van der Waals surface area contributed by atoms with Crippen molar-refractivity contribution in [2.75, 3.05) is 0 Å². The van der Waals surface area contributed by atoms with Gasteiger partial charge in [-0.05, 0) is 123 Å². The summed E-state index contributed by atoms with van der Waals surface area (Å²) in [6.45, 7) is 20.0. The summed E-state index contributed by atoms with van der Waals surface area (Å²) in [7, 11) is -4.77. The highest BCUT2D eigenvalue weighted by atomic mass is 28.3. The van der Waals surface area contributed by atoms with Gasteiger partial charge in [-0.3, -0.25) is 0 Å². The minimum atomic E-state index is -2.39. The molecule has 4 heterocycles. The molecule has 2 aromatic heterocycles. The molecule has 9 aromatic carbocycles. The molecule has 4 aliphatic rings. The van der Waals surface area contributed by atoms with Gasteiger partial charge in [0.25, 0.3) is 0 Å². The van der Waals surface area contributed by atoms with Crippen LogP contribution in [-0.2, 0) is 10.8 Å². The number of para-hydroxylation sites is 2. The molecule has 0 radical (unpaired) electrons. The van der Waals surface area contributed by atoms with Crippen LogP contribution in [0.3, 0.4) is 0 Å². The second-order valence-corrected chi connectivity index (χ2v) is 30.9. The van der Waals surface area contributed by atoms with Gasteiger partial charge < -0.3 is 8.83 Å². The van der Waals surface area contributed by atoms with E-state index in [1.165, 1.54) is 121 Å². The summed E-state index contributed by atoms with van der Waals surface area (Å²) in [5.74, 6) is 0. The summed E-state index contributed by atoms with van der Waals surface area (Å²) in [6.07, 6.45) is 0. The van der Waals surface area contributed by atoms with Crippen molar-refractivity contribution < 1.29 is 8.83 Å². The smallest absolute Gasteiger partial charge is 0.143 e. The zero-order valence-electron chi connectivity index (χ0n) is 39.8. The van der Waals surface area contributed by atoms with Gasteiger partial charge in [0.15, 0.2) is 0 Å². The van der Waals surface area contributed by atoms with Crippen molar-refractivity contribution in [1.29, 1.82) is 0 Å².